The van der Waals surface area contributed by atoms with Crippen LogP contribution in [-0.4, -0.2) is 32.8 Å². The van der Waals surface area contributed by atoms with E-state index in [-0.39, 0.29) is 29.4 Å². The number of hydrogen-bond donors (Lipinski definition) is 0. The lowest BCUT2D eigenvalue weighted by Crippen LogP contribution is -2.37. The number of thioether (sulfide) groups is 1. The second-order valence-corrected chi connectivity index (χ2v) is 10.8. The summed E-state index contributed by atoms with van der Waals surface area (Å²) in [5.41, 5.74) is 1.93. The number of carbonyl (C=O) groups excluding carboxylic acids is 1. The second-order valence-electron chi connectivity index (χ2n) is 9.10. The van der Waals surface area contributed by atoms with Crippen molar-refractivity contribution in [3.63, 3.8) is 0 Å². The number of rotatable bonds is 7. The first kappa shape index (κ1) is 26.1. The summed E-state index contributed by atoms with van der Waals surface area (Å²) in [4.78, 5) is 30.9. The molecule has 0 bridgehead atoms. The molecular weight excluding hydrogens is 495 g/mol. The van der Waals surface area contributed by atoms with Crippen LogP contribution in [0.5, 0.6) is 0 Å². The fraction of sp³-hybridized carbons (Fsp3) is 0.407. The van der Waals surface area contributed by atoms with Crippen LogP contribution in [0.1, 0.15) is 61.3 Å². The van der Waals surface area contributed by atoms with Crippen LogP contribution in [0.3, 0.4) is 0 Å². The van der Waals surface area contributed by atoms with E-state index >= 15 is 0 Å². The summed E-state index contributed by atoms with van der Waals surface area (Å²) in [6.07, 6.45) is 6.72. The predicted molar refractivity (Wildman–Crippen MR) is 146 cm³/mol. The molecule has 0 spiro atoms. The number of unbranched alkanes of at least 4 members (excludes halogenated alkanes) is 1. The molecule has 1 aromatic heterocycles. The van der Waals surface area contributed by atoms with E-state index in [1.807, 2.05) is 0 Å². The highest BCUT2D eigenvalue weighted by Crippen LogP contribution is 2.37. The third kappa shape index (κ3) is 5.25. The van der Waals surface area contributed by atoms with Crippen molar-refractivity contribution in [1.29, 1.82) is 5.26 Å². The van der Waals surface area contributed by atoms with Crippen LogP contribution in [0.4, 0.5) is 10.2 Å². The summed E-state index contributed by atoms with van der Waals surface area (Å²) >= 11 is 6.72. The number of aromatic nitrogens is 1. The zero-order chi connectivity index (χ0) is 25.8. The standard InChI is InChI=1S/C27H29FN4O2S2/c1-3-4-14-31-24(30-12-6-5-7-13-30)21(18(2)22(16-29)25(31)33)15-23-26(34)32(27(35)36-23)17-19-8-10-20(28)11-9-19/h8-11,15H,3-7,12-14,17H2,1-2H3. The number of thiocarbonyl (C=S) groups is 1. The summed E-state index contributed by atoms with van der Waals surface area (Å²) in [6.45, 7) is 6.26. The zero-order valence-corrected chi connectivity index (χ0v) is 22.2. The predicted octanol–water partition coefficient (Wildman–Crippen LogP) is 5.36. The molecule has 4 rings (SSSR count). The van der Waals surface area contributed by atoms with Gasteiger partial charge in [-0.1, -0.05) is 49.5 Å². The number of benzene rings is 1. The first-order valence-electron chi connectivity index (χ1n) is 12.3. The summed E-state index contributed by atoms with van der Waals surface area (Å²) in [7, 11) is 0. The molecular formula is C27H29FN4O2S2. The number of piperidine rings is 1. The van der Waals surface area contributed by atoms with E-state index in [2.05, 4.69) is 17.9 Å². The van der Waals surface area contributed by atoms with Gasteiger partial charge in [-0.05, 0) is 61.9 Å². The maximum absolute atomic E-state index is 13.4. The summed E-state index contributed by atoms with van der Waals surface area (Å²) in [6, 6.07) is 8.10. The number of amides is 1. The monoisotopic (exact) mass is 524 g/mol. The van der Waals surface area contributed by atoms with Gasteiger partial charge in [0.25, 0.3) is 11.5 Å². The van der Waals surface area contributed by atoms with Gasteiger partial charge in [-0.25, -0.2) is 4.39 Å². The summed E-state index contributed by atoms with van der Waals surface area (Å²) < 4.78 is 15.5. The largest absolute Gasteiger partial charge is 0.357 e. The normalized spacial score (nSPS) is 17.2. The molecule has 188 valence electrons. The molecule has 3 heterocycles. The number of nitriles is 1. The third-order valence-electron chi connectivity index (χ3n) is 6.64. The number of hydrogen-bond acceptors (Lipinski definition) is 6. The molecule has 9 heteroatoms. The molecule has 36 heavy (non-hydrogen) atoms. The lowest BCUT2D eigenvalue weighted by molar-refractivity contribution is -0.122. The van der Waals surface area contributed by atoms with Gasteiger partial charge in [0.2, 0.25) is 0 Å². The van der Waals surface area contributed by atoms with Gasteiger partial charge in [0.15, 0.2) is 0 Å². The number of halogens is 1. The van der Waals surface area contributed by atoms with E-state index in [1.165, 1.54) is 28.8 Å². The number of anilines is 1. The Labute approximate surface area is 220 Å². The molecule has 0 aliphatic carbocycles. The Morgan fingerprint density at radius 2 is 1.86 bits per heavy atom. The van der Waals surface area contributed by atoms with Gasteiger partial charge in [0.1, 0.15) is 27.6 Å². The van der Waals surface area contributed by atoms with Crippen molar-refractivity contribution in [3.8, 4) is 6.07 Å². The third-order valence-corrected chi connectivity index (χ3v) is 8.02. The molecule has 0 saturated carbocycles. The highest BCUT2D eigenvalue weighted by atomic mass is 32.2. The highest BCUT2D eigenvalue weighted by molar-refractivity contribution is 8.26. The minimum atomic E-state index is -0.337. The van der Waals surface area contributed by atoms with Crippen LogP contribution in [0, 0.1) is 24.1 Å². The SMILES string of the molecule is CCCCn1c(N2CCCCC2)c(C=C2SC(=S)N(Cc3ccc(F)cc3)C2=O)c(C)c(C#N)c1=O. The Hall–Kier alpha value is -2.96. The first-order chi connectivity index (χ1) is 17.3. The molecule has 2 fully saturated rings. The Morgan fingerprint density at radius 1 is 1.17 bits per heavy atom. The van der Waals surface area contributed by atoms with Crippen molar-refractivity contribution >= 4 is 46.1 Å². The molecule has 1 amide bonds. The van der Waals surface area contributed by atoms with Crippen LogP contribution in [0.2, 0.25) is 0 Å². The van der Waals surface area contributed by atoms with Crippen LogP contribution >= 0.6 is 24.0 Å². The van der Waals surface area contributed by atoms with E-state index in [0.717, 1.165) is 62.1 Å². The maximum atomic E-state index is 13.4. The molecule has 2 aliphatic rings. The van der Waals surface area contributed by atoms with E-state index in [0.29, 0.717) is 21.3 Å². The van der Waals surface area contributed by atoms with Gasteiger partial charge < -0.3 is 4.90 Å². The minimum absolute atomic E-state index is 0.111. The number of nitrogens with zero attached hydrogens (tertiary/aromatic N) is 4. The molecule has 0 unspecified atom stereocenters. The van der Waals surface area contributed by atoms with Crippen molar-refractivity contribution in [3.05, 3.63) is 67.6 Å². The molecule has 0 radical (unpaired) electrons. The lowest BCUT2D eigenvalue weighted by atomic mass is 10.0. The highest BCUT2D eigenvalue weighted by Gasteiger charge is 2.33. The van der Waals surface area contributed by atoms with Crippen LogP contribution in [0.15, 0.2) is 34.0 Å². The zero-order valence-electron chi connectivity index (χ0n) is 20.6. The fourth-order valence-electron chi connectivity index (χ4n) is 4.65. The average molecular weight is 525 g/mol. The molecule has 1 aromatic carbocycles. The smallest absolute Gasteiger partial charge is 0.270 e. The quantitative estimate of drug-likeness (QED) is 0.359. The van der Waals surface area contributed by atoms with Crippen molar-refractivity contribution in [2.75, 3.05) is 18.0 Å². The van der Waals surface area contributed by atoms with Crippen LogP contribution in [-0.2, 0) is 17.9 Å². The molecule has 2 aromatic rings. The van der Waals surface area contributed by atoms with E-state index in [9.17, 15) is 19.2 Å². The Balaban J connectivity index is 1.80. The topological polar surface area (TPSA) is 69.3 Å². The summed E-state index contributed by atoms with van der Waals surface area (Å²) in [5.74, 6) is 0.216. The van der Waals surface area contributed by atoms with Crippen LogP contribution in [0.25, 0.3) is 6.08 Å². The summed E-state index contributed by atoms with van der Waals surface area (Å²) in [5, 5.41) is 9.83. The Bertz CT molecular complexity index is 1310. The van der Waals surface area contributed by atoms with Gasteiger partial charge >= 0.3 is 0 Å². The van der Waals surface area contributed by atoms with Gasteiger partial charge in [-0.3, -0.25) is 19.1 Å². The van der Waals surface area contributed by atoms with E-state index in [1.54, 1.807) is 29.7 Å². The minimum Gasteiger partial charge on any atom is -0.357 e. The number of carbonyl (C=O) groups is 1. The van der Waals surface area contributed by atoms with E-state index < -0.39 is 0 Å². The number of pyridine rings is 1. The van der Waals surface area contributed by atoms with E-state index in [4.69, 9.17) is 12.2 Å². The van der Waals surface area contributed by atoms with Crippen molar-refractivity contribution < 1.29 is 9.18 Å². The molecule has 2 aliphatic heterocycles. The maximum Gasteiger partial charge on any atom is 0.270 e. The molecule has 0 N–H and O–H groups in total. The second kappa shape index (κ2) is 11.4. The van der Waals surface area contributed by atoms with Crippen LogP contribution < -0.4 is 10.5 Å². The van der Waals surface area contributed by atoms with Gasteiger partial charge in [-0.2, -0.15) is 5.26 Å². The van der Waals surface area contributed by atoms with Crippen molar-refractivity contribution in [2.45, 2.75) is 59.0 Å². The first-order valence-corrected chi connectivity index (χ1v) is 13.5. The van der Waals surface area contributed by atoms with Gasteiger partial charge in [0.05, 0.1) is 11.4 Å². The lowest BCUT2D eigenvalue weighted by Gasteiger charge is -2.33. The Morgan fingerprint density at radius 3 is 2.50 bits per heavy atom. The molecule has 6 nitrogen and oxygen atoms in total. The van der Waals surface area contributed by atoms with Gasteiger partial charge in [0, 0.05) is 25.2 Å². The van der Waals surface area contributed by atoms with Crippen molar-refractivity contribution in [1.82, 2.24) is 9.47 Å². The van der Waals surface area contributed by atoms with Crippen molar-refractivity contribution in [2.24, 2.45) is 0 Å². The molecule has 2 saturated heterocycles. The average Bonchev–Trinajstić information content (AvgIpc) is 3.14. The van der Waals surface area contributed by atoms with Gasteiger partial charge in [-0.15, -0.1) is 0 Å². The fourth-order valence-corrected chi connectivity index (χ4v) is 5.89. The molecule has 0 atom stereocenters. The Kier molecular flexibility index (Phi) is 8.27.